The molecule has 4 aromatic rings. The lowest BCUT2D eigenvalue weighted by atomic mass is 10.0. The number of hydrogen-bond acceptors (Lipinski definition) is 3. The van der Waals surface area contributed by atoms with E-state index in [9.17, 15) is 0 Å². The number of hydrogen-bond donors (Lipinski definition) is 0. The Morgan fingerprint density at radius 1 is 0.895 bits per heavy atom. The summed E-state index contributed by atoms with van der Waals surface area (Å²) >= 11 is 0. The van der Waals surface area contributed by atoms with Crippen molar-refractivity contribution in [1.82, 2.24) is 19.6 Å². The fraction of sp³-hybridized carbons (Fsp3) is 0. The maximum absolute atomic E-state index is 4.20. The summed E-state index contributed by atoms with van der Waals surface area (Å²) in [5.74, 6) is 0.616. The van der Waals surface area contributed by atoms with E-state index in [0.29, 0.717) is 5.78 Å². The molecule has 0 amide bonds. The van der Waals surface area contributed by atoms with Gasteiger partial charge in [-0.05, 0) is 16.8 Å². The molecule has 0 spiro atoms. The van der Waals surface area contributed by atoms with Crippen molar-refractivity contribution < 1.29 is 0 Å². The van der Waals surface area contributed by atoms with E-state index in [1.165, 1.54) is 10.8 Å². The molecule has 19 heavy (non-hydrogen) atoms. The van der Waals surface area contributed by atoms with Crippen LogP contribution in [-0.4, -0.2) is 19.6 Å². The smallest absolute Gasteiger partial charge is 0.255 e. The third-order valence-corrected chi connectivity index (χ3v) is 3.28. The Morgan fingerprint density at radius 2 is 1.79 bits per heavy atom. The average Bonchev–Trinajstić information content (AvgIpc) is 2.95. The molecule has 90 valence electrons. The minimum absolute atomic E-state index is 0.616. The molecule has 0 atom stereocenters. The van der Waals surface area contributed by atoms with Crippen molar-refractivity contribution in [1.29, 1.82) is 0 Å². The lowest BCUT2D eigenvalue weighted by Crippen LogP contribution is -1.93. The van der Waals surface area contributed by atoms with E-state index < -0.39 is 0 Å². The highest BCUT2D eigenvalue weighted by molar-refractivity contribution is 5.96. The summed E-state index contributed by atoms with van der Waals surface area (Å²) in [7, 11) is 0. The van der Waals surface area contributed by atoms with Gasteiger partial charge in [-0.3, -0.25) is 4.40 Å². The van der Waals surface area contributed by atoms with Gasteiger partial charge in [-0.1, -0.05) is 42.5 Å². The standard InChI is InChI=1S/C15H10N4/c1-2-6-12-11(4-1)5-3-7-13(12)14-8-9-16-15-18-17-10-19(14)15/h1-10H. The molecular weight excluding hydrogens is 236 g/mol. The van der Waals surface area contributed by atoms with Crippen molar-refractivity contribution in [2.45, 2.75) is 0 Å². The summed E-state index contributed by atoms with van der Waals surface area (Å²) in [5, 5.41) is 10.3. The molecule has 2 heterocycles. The fourth-order valence-electron chi connectivity index (χ4n) is 2.41. The predicted octanol–water partition coefficient (Wildman–Crippen LogP) is 2.94. The summed E-state index contributed by atoms with van der Waals surface area (Å²) in [6, 6.07) is 16.6. The Labute approximate surface area is 109 Å². The van der Waals surface area contributed by atoms with Gasteiger partial charge >= 0.3 is 0 Å². The van der Waals surface area contributed by atoms with E-state index in [-0.39, 0.29) is 0 Å². The van der Waals surface area contributed by atoms with E-state index >= 15 is 0 Å². The van der Waals surface area contributed by atoms with Crippen LogP contribution in [0.15, 0.2) is 61.1 Å². The molecule has 0 saturated carbocycles. The SMILES string of the molecule is c1ccc2c(-c3ccnc4nncn34)cccc2c1. The topological polar surface area (TPSA) is 43.1 Å². The Balaban J connectivity index is 2.12. The molecule has 0 aliphatic rings. The molecule has 0 saturated heterocycles. The van der Waals surface area contributed by atoms with Crippen molar-refractivity contribution in [3.8, 4) is 11.3 Å². The largest absolute Gasteiger partial charge is 0.265 e. The highest BCUT2D eigenvalue weighted by Gasteiger charge is 2.08. The van der Waals surface area contributed by atoms with Crippen molar-refractivity contribution in [3.05, 3.63) is 61.1 Å². The first-order chi connectivity index (χ1) is 9.43. The molecule has 0 unspecified atom stereocenters. The Hall–Kier alpha value is -2.75. The number of rotatable bonds is 1. The van der Waals surface area contributed by atoms with Gasteiger partial charge in [-0.2, -0.15) is 0 Å². The maximum Gasteiger partial charge on any atom is 0.255 e. The zero-order chi connectivity index (χ0) is 12.7. The van der Waals surface area contributed by atoms with Gasteiger partial charge in [-0.25, -0.2) is 4.98 Å². The van der Waals surface area contributed by atoms with Gasteiger partial charge in [0.2, 0.25) is 0 Å². The highest BCUT2D eigenvalue weighted by atomic mass is 15.3. The first kappa shape index (κ1) is 10.2. The van der Waals surface area contributed by atoms with Crippen LogP contribution in [0.4, 0.5) is 0 Å². The lowest BCUT2D eigenvalue weighted by molar-refractivity contribution is 1.10. The maximum atomic E-state index is 4.20. The third kappa shape index (κ3) is 1.50. The van der Waals surface area contributed by atoms with Gasteiger partial charge in [0.1, 0.15) is 6.33 Å². The van der Waals surface area contributed by atoms with Gasteiger partial charge in [0, 0.05) is 11.8 Å². The molecule has 0 aliphatic heterocycles. The fourth-order valence-corrected chi connectivity index (χ4v) is 2.41. The monoisotopic (exact) mass is 246 g/mol. The normalized spacial score (nSPS) is 11.2. The second kappa shape index (κ2) is 3.88. The summed E-state index contributed by atoms with van der Waals surface area (Å²) in [4.78, 5) is 4.20. The van der Waals surface area contributed by atoms with E-state index in [1.54, 1.807) is 12.5 Å². The molecule has 0 aliphatic carbocycles. The minimum atomic E-state index is 0.616. The Kier molecular flexibility index (Phi) is 2.08. The summed E-state index contributed by atoms with van der Waals surface area (Å²) in [6.07, 6.45) is 3.46. The number of aromatic nitrogens is 4. The quantitative estimate of drug-likeness (QED) is 0.518. The summed E-state index contributed by atoms with van der Waals surface area (Å²) in [6.45, 7) is 0. The van der Waals surface area contributed by atoms with E-state index in [0.717, 1.165) is 11.3 Å². The van der Waals surface area contributed by atoms with Crippen LogP contribution in [-0.2, 0) is 0 Å². The van der Waals surface area contributed by atoms with Crippen LogP contribution in [0, 0.1) is 0 Å². The first-order valence-corrected chi connectivity index (χ1v) is 6.06. The van der Waals surface area contributed by atoms with Gasteiger partial charge in [-0.15, -0.1) is 10.2 Å². The molecule has 2 aromatic heterocycles. The molecule has 4 heteroatoms. The number of benzene rings is 2. The van der Waals surface area contributed by atoms with Crippen LogP contribution in [0.5, 0.6) is 0 Å². The summed E-state index contributed by atoms with van der Waals surface area (Å²) in [5.41, 5.74) is 2.21. The van der Waals surface area contributed by atoms with Crippen molar-refractivity contribution in [3.63, 3.8) is 0 Å². The summed E-state index contributed by atoms with van der Waals surface area (Å²) < 4.78 is 1.90. The van der Waals surface area contributed by atoms with E-state index in [4.69, 9.17) is 0 Å². The molecule has 4 rings (SSSR count). The second-order valence-corrected chi connectivity index (χ2v) is 4.36. The lowest BCUT2D eigenvalue weighted by Gasteiger charge is -2.08. The molecule has 0 fully saturated rings. The minimum Gasteiger partial charge on any atom is -0.265 e. The molecule has 2 aromatic carbocycles. The Bertz CT molecular complexity index is 874. The molecule has 0 N–H and O–H groups in total. The van der Waals surface area contributed by atoms with E-state index in [1.807, 2.05) is 16.5 Å². The average molecular weight is 246 g/mol. The van der Waals surface area contributed by atoms with Gasteiger partial charge in [0.05, 0.1) is 5.69 Å². The number of fused-ring (bicyclic) bond motifs is 2. The predicted molar refractivity (Wildman–Crippen MR) is 73.7 cm³/mol. The van der Waals surface area contributed by atoms with Crippen LogP contribution in [0.3, 0.4) is 0 Å². The van der Waals surface area contributed by atoms with Crippen LogP contribution in [0.1, 0.15) is 0 Å². The van der Waals surface area contributed by atoms with Gasteiger partial charge in [0.15, 0.2) is 0 Å². The molecule has 0 radical (unpaired) electrons. The van der Waals surface area contributed by atoms with Crippen molar-refractivity contribution in [2.75, 3.05) is 0 Å². The van der Waals surface area contributed by atoms with Gasteiger partial charge < -0.3 is 0 Å². The van der Waals surface area contributed by atoms with Crippen molar-refractivity contribution >= 4 is 16.6 Å². The van der Waals surface area contributed by atoms with Crippen LogP contribution >= 0.6 is 0 Å². The molecule has 0 bridgehead atoms. The first-order valence-electron chi connectivity index (χ1n) is 6.06. The zero-order valence-electron chi connectivity index (χ0n) is 10.1. The van der Waals surface area contributed by atoms with Crippen LogP contribution < -0.4 is 0 Å². The van der Waals surface area contributed by atoms with Gasteiger partial charge in [0.25, 0.3) is 5.78 Å². The van der Waals surface area contributed by atoms with Crippen molar-refractivity contribution in [2.24, 2.45) is 0 Å². The third-order valence-electron chi connectivity index (χ3n) is 3.28. The molecule has 4 nitrogen and oxygen atoms in total. The second-order valence-electron chi connectivity index (χ2n) is 4.36. The highest BCUT2D eigenvalue weighted by Crippen LogP contribution is 2.28. The van der Waals surface area contributed by atoms with E-state index in [2.05, 4.69) is 51.6 Å². The Morgan fingerprint density at radius 3 is 2.79 bits per heavy atom. The zero-order valence-corrected chi connectivity index (χ0v) is 10.1. The van der Waals surface area contributed by atoms with Crippen LogP contribution in [0.2, 0.25) is 0 Å². The molecular formula is C15H10N4. The number of nitrogens with zero attached hydrogens (tertiary/aromatic N) is 4. The van der Waals surface area contributed by atoms with Crippen LogP contribution in [0.25, 0.3) is 27.8 Å².